The van der Waals surface area contributed by atoms with E-state index in [-0.39, 0.29) is 30.3 Å². The van der Waals surface area contributed by atoms with Crippen LogP contribution in [-0.4, -0.2) is 30.6 Å². The highest BCUT2D eigenvalue weighted by Crippen LogP contribution is 2.51. The molecule has 7 rings (SSSR count). The summed E-state index contributed by atoms with van der Waals surface area (Å²) < 4.78 is 3.99. The third kappa shape index (κ3) is 3.18. The molecule has 39 heavy (non-hydrogen) atoms. The molecule has 0 bridgehead atoms. The molecule has 1 aromatic heterocycles. The second-order valence-electron chi connectivity index (χ2n) is 10.2. The van der Waals surface area contributed by atoms with Crippen LogP contribution in [0, 0.1) is 0 Å². The first-order chi connectivity index (χ1) is 18.9. The van der Waals surface area contributed by atoms with Gasteiger partial charge < -0.3 is 5.11 Å². The third-order valence-electron chi connectivity index (χ3n) is 8.09. The Morgan fingerprint density at radius 3 is 2.33 bits per heavy atom. The minimum absolute atomic E-state index is 0.111. The molecular weight excluding hydrogens is 494 g/mol. The SMILES string of the molecule is CC1=CC(=O)C2=C(C[C@@H]3C(=CCn4c(=O)n(-c5ccccc5)c(=O)n43)[C@@H]2c2ccc(O)c3ccccc23)C1=O. The number of ketones is 2. The number of nitrogens with zero attached hydrogens (tertiary/aromatic N) is 3. The molecule has 3 aromatic carbocycles. The molecule has 8 nitrogen and oxygen atoms in total. The number of allylic oxidation sites excluding steroid dienone is 6. The number of carbonyl (C=O) groups excluding carboxylic acids is 2. The fourth-order valence-electron chi connectivity index (χ4n) is 6.37. The van der Waals surface area contributed by atoms with E-state index in [1.807, 2.05) is 30.3 Å². The van der Waals surface area contributed by atoms with Crippen LogP contribution in [0.25, 0.3) is 16.5 Å². The van der Waals surface area contributed by atoms with Crippen LogP contribution in [0.1, 0.15) is 30.9 Å². The van der Waals surface area contributed by atoms with Crippen LogP contribution in [0.5, 0.6) is 5.75 Å². The van der Waals surface area contributed by atoms with Gasteiger partial charge in [0.25, 0.3) is 0 Å². The van der Waals surface area contributed by atoms with Crippen LogP contribution in [0.15, 0.2) is 111 Å². The molecule has 0 unspecified atom stereocenters. The van der Waals surface area contributed by atoms with Gasteiger partial charge in [-0.15, -0.1) is 0 Å². The Morgan fingerprint density at radius 2 is 1.56 bits per heavy atom. The van der Waals surface area contributed by atoms with Gasteiger partial charge in [0.05, 0.1) is 18.3 Å². The van der Waals surface area contributed by atoms with Crippen molar-refractivity contribution in [3.8, 4) is 11.4 Å². The average Bonchev–Trinajstić information content (AvgIpc) is 3.21. The highest BCUT2D eigenvalue weighted by atomic mass is 16.3. The molecule has 0 saturated carbocycles. The number of hydrogen-bond donors (Lipinski definition) is 1. The lowest BCUT2D eigenvalue weighted by molar-refractivity contribution is -0.116. The minimum atomic E-state index is -0.636. The molecule has 2 atom stereocenters. The zero-order valence-electron chi connectivity index (χ0n) is 21.0. The molecule has 0 spiro atoms. The van der Waals surface area contributed by atoms with Gasteiger partial charge in [-0.2, -0.15) is 0 Å². The van der Waals surface area contributed by atoms with E-state index in [0.29, 0.717) is 27.8 Å². The van der Waals surface area contributed by atoms with Crippen LogP contribution in [-0.2, 0) is 16.1 Å². The summed E-state index contributed by atoms with van der Waals surface area (Å²) >= 11 is 0. The predicted molar refractivity (Wildman–Crippen MR) is 145 cm³/mol. The number of Topliss-reactive ketones (excluding diaryl/α,β-unsaturated/α-hetero) is 1. The summed E-state index contributed by atoms with van der Waals surface area (Å²) in [5.41, 5.74) is 2.15. The maximum Gasteiger partial charge on any atom is 0.352 e. The van der Waals surface area contributed by atoms with Crippen molar-refractivity contribution in [1.29, 1.82) is 0 Å². The normalized spacial score (nSPS) is 20.3. The van der Waals surface area contributed by atoms with Crippen LogP contribution in [0.2, 0.25) is 0 Å². The van der Waals surface area contributed by atoms with Crippen molar-refractivity contribution >= 4 is 22.3 Å². The largest absolute Gasteiger partial charge is 0.507 e. The number of para-hydroxylation sites is 1. The van der Waals surface area contributed by atoms with Gasteiger partial charge in [-0.1, -0.05) is 54.6 Å². The smallest absolute Gasteiger partial charge is 0.352 e. The maximum atomic E-state index is 13.8. The van der Waals surface area contributed by atoms with Gasteiger partial charge in [0.15, 0.2) is 11.6 Å². The number of rotatable bonds is 2. The van der Waals surface area contributed by atoms with Crippen molar-refractivity contribution in [2.24, 2.45) is 0 Å². The van der Waals surface area contributed by atoms with Crippen molar-refractivity contribution in [2.75, 3.05) is 0 Å². The van der Waals surface area contributed by atoms with E-state index in [2.05, 4.69) is 0 Å². The first-order valence-electron chi connectivity index (χ1n) is 12.8. The Bertz CT molecular complexity index is 1970. The quantitative estimate of drug-likeness (QED) is 0.323. The van der Waals surface area contributed by atoms with Gasteiger partial charge in [-0.05, 0) is 47.7 Å². The van der Waals surface area contributed by atoms with E-state index in [4.69, 9.17) is 0 Å². The van der Waals surface area contributed by atoms with Crippen LogP contribution in [0.4, 0.5) is 0 Å². The Morgan fingerprint density at radius 1 is 0.846 bits per heavy atom. The standard InChI is InChI=1S/C31H23N3O5/c1-17-15-26(36)28-23(29(17)37)16-24-22(27(28)21-11-12-25(35)20-10-6-5-9-19(20)21)13-14-32-30(38)33(31(39)34(24)32)18-7-3-2-4-8-18/h2-13,15,24,27,35H,14,16H2,1H3/t24-,27+/m1/s1. The molecule has 1 aliphatic heterocycles. The minimum Gasteiger partial charge on any atom is -0.507 e. The molecule has 192 valence electrons. The predicted octanol–water partition coefficient (Wildman–Crippen LogP) is 3.72. The van der Waals surface area contributed by atoms with E-state index in [9.17, 15) is 24.3 Å². The Hall–Kier alpha value is -4.98. The van der Waals surface area contributed by atoms with E-state index < -0.39 is 23.3 Å². The molecule has 3 aliphatic rings. The number of aromatic hydroxyl groups is 1. The molecule has 2 aliphatic carbocycles. The molecule has 8 heteroatoms. The first-order valence-corrected chi connectivity index (χ1v) is 12.8. The van der Waals surface area contributed by atoms with Crippen molar-refractivity contribution in [1.82, 2.24) is 13.9 Å². The topological polar surface area (TPSA) is 103 Å². The van der Waals surface area contributed by atoms with E-state index in [1.165, 1.54) is 15.4 Å². The van der Waals surface area contributed by atoms with Gasteiger partial charge in [0, 0.05) is 34.4 Å². The van der Waals surface area contributed by atoms with Crippen molar-refractivity contribution in [3.05, 3.63) is 128 Å². The molecule has 0 saturated heterocycles. The number of carbonyl (C=O) groups is 2. The third-order valence-corrected chi connectivity index (χ3v) is 8.09. The van der Waals surface area contributed by atoms with Gasteiger partial charge >= 0.3 is 11.4 Å². The van der Waals surface area contributed by atoms with Gasteiger partial charge in [0.1, 0.15) is 5.75 Å². The summed E-state index contributed by atoms with van der Waals surface area (Å²) in [7, 11) is 0. The Labute approximate surface area is 222 Å². The Balaban J connectivity index is 1.51. The number of phenols is 1. The summed E-state index contributed by atoms with van der Waals surface area (Å²) in [6.07, 6.45) is 3.41. The monoisotopic (exact) mass is 517 g/mol. The van der Waals surface area contributed by atoms with Crippen molar-refractivity contribution in [2.45, 2.75) is 31.8 Å². The number of benzene rings is 3. The highest BCUT2D eigenvalue weighted by Gasteiger charge is 2.45. The lowest BCUT2D eigenvalue weighted by Gasteiger charge is -2.40. The summed E-state index contributed by atoms with van der Waals surface area (Å²) in [5.74, 6) is -0.978. The Kier molecular flexibility index (Phi) is 4.91. The number of aromatic nitrogens is 3. The molecule has 4 aromatic rings. The molecule has 1 N–H and O–H groups in total. The lowest BCUT2D eigenvalue weighted by Crippen LogP contribution is -2.40. The molecule has 0 fully saturated rings. The number of hydrogen-bond acceptors (Lipinski definition) is 5. The maximum absolute atomic E-state index is 13.8. The molecule has 0 radical (unpaired) electrons. The second kappa shape index (κ2) is 8.26. The second-order valence-corrected chi connectivity index (χ2v) is 10.2. The van der Waals surface area contributed by atoms with E-state index >= 15 is 0 Å². The van der Waals surface area contributed by atoms with Gasteiger partial charge in [0.2, 0.25) is 0 Å². The van der Waals surface area contributed by atoms with Gasteiger partial charge in [-0.3, -0.25) is 9.59 Å². The lowest BCUT2D eigenvalue weighted by atomic mass is 9.67. The number of fused-ring (bicyclic) bond motifs is 4. The summed E-state index contributed by atoms with van der Waals surface area (Å²) in [6, 6.07) is 18.8. The van der Waals surface area contributed by atoms with E-state index in [0.717, 1.165) is 21.1 Å². The highest BCUT2D eigenvalue weighted by molar-refractivity contribution is 6.23. The van der Waals surface area contributed by atoms with Crippen molar-refractivity contribution in [3.63, 3.8) is 0 Å². The van der Waals surface area contributed by atoms with Crippen LogP contribution in [0.3, 0.4) is 0 Å². The van der Waals surface area contributed by atoms with E-state index in [1.54, 1.807) is 49.4 Å². The zero-order chi connectivity index (χ0) is 27.0. The zero-order valence-corrected chi connectivity index (χ0v) is 21.0. The van der Waals surface area contributed by atoms with Crippen LogP contribution < -0.4 is 11.4 Å². The fraction of sp³-hybridized carbons (Fsp3) is 0.161. The first kappa shape index (κ1) is 23.2. The van der Waals surface area contributed by atoms with Crippen molar-refractivity contribution < 1.29 is 14.7 Å². The summed E-state index contributed by atoms with van der Waals surface area (Å²) in [4.78, 5) is 54.2. The molecular formula is C31H23N3O5. The number of phenolic OH excluding ortho intramolecular Hbond substituents is 1. The molecule has 0 amide bonds. The molecule has 2 heterocycles. The summed E-state index contributed by atoms with van der Waals surface area (Å²) in [5, 5.41) is 11.9. The van der Waals surface area contributed by atoms with Gasteiger partial charge in [-0.25, -0.2) is 23.5 Å². The fourth-order valence-corrected chi connectivity index (χ4v) is 6.37. The van der Waals surface area contributed by atoms with Crippen LogP contribution >= 0.6 is 0 Å². The average molecular weight is 518 g/mol. The summed E-state index contributed by atoms with van der Waals surface area (Å²) in [6.45, 7) is 1.76.